The van der Waals surface area contributed by atoms with Crippen molar-refractivity contribution >= 4 is 0 Å². The summed E-state index contributed by atoms with van der Waals surface area (Å²) >= 11 is 0. The first-order chi connectivity index (χ1) is 6.77. The van der Waals surface area contributed by atoms with Gasteiger partial charge in [0.1, 0.15) is 0 Å². The average molecular weight is 196 g/mol. The van der Waals surface area contributed by atoms with E-state index in [0.717, 1.165) is 6.42 Å². The maximum Gasteiger partial charge on any atom is 0.0703 e. The summed E-state index contributed by atoms with van der Waals surface area (Å²) in [5.41, 5.74) is -0.269. The van der Waals surface area contributed by atoms with Crippen LogP contribution in [0.3, 0.4) is 0 Å². The molecule has 0 radical (unpaired) electrons. The van der Waals surface area contributed by atoms with Crippen LogP contribution in [0.5, 0.6) is 0 Å². The molecule has 2 rings (SSSR count). The van der Waals surface area contributed by atoms with Gasteiger partial charge in [0.25, 0.3) is 0 Å². The van der Waals surface area contributed by atoms with Crippen molar-refractivity contribution < 1.29 is 5.11 Å². The van der Waals surface area contributed by atoms with E-state index in [2.05, 4.69) is 6.92 Å². The maximum atomic E-state index is 10.8. The van der Waals surface area contributed by atoms with Gasteiger partial charge in [0.05, 0.1) is 5.60 Å². The molecule has 2 aliphatic rings. The second-order valence-corrected chi connectivity index (χ2v) is 5.32. The third kappa shape index (κ3) is 1.71. The van der Waals surface area contributed by atoms with Crippen molar-refractivity contribution in [3.8, 4) is 0 Å². The van der Waals surface area contributed by atoms with E-state index in [1.807, 2.05) is 0 Å². The molecule has 82 valence electrons. The zero-order chi connectivity index (χ0) is 10.0. The van der Waals surface area contributed by atoms with Gasteiger partial charge in [-0.05, 0) is 37.5 Å². The summed E-state index contributed by atoms with van der Waals surface area (Å²) in [7, 11) is 0. The number of rotatable bonds is 2. The van der Waals surface area contributed by atoms with Gasteiger partial charge in [0.2, 0.25) is 0 Å². The highest BCUT2D eigenvalue weighted by atomic mass is 16.3. The van der Waals surface area contributed by atoms with Crippen LogP contribution in [0.2, 0.25) is 0 Å². The summed E-state index contributed by atoms with van der Waals surface area (Å²) in [6, 6.07) is 0. The van der Waals surface area contributed by atoms with Gasteiger partial charge in [0, 0.05) is 0 Å². The van der Waals surface area contributed by atoms with Crippen molar-refractivity contribution in [2.24, 2.45) is 11.8 Å². The quantitative estimate of drug-likeness (QED) is 0.716. The Morgan fingerprint density at radius 2 is 1.79 bits per heavy atom. The van der Waals surface area contributed by atoms with Crippen LogP contribution in [-0.2, 0) is 0 Å². The van der Waals surface area contributed by atoms with Crippen LogP contribution in [-0.4, -0.2) is 10.7 Å². The van der Waals surface area contributed by atoms with E-state index in [9.17, 15) is 5.11 Å². The zero-order valence-electron chi connectivity index (χ0n) is 9.47. The predicted octanol–water partition coefficient (Wildman–Crippen LogP) is 3.51. The highest BCUT2D eigenvalue weighted by Crippen LogP contribution is 2.47. The molecule has 2 aliphatic carbocycles. The third-order valence-electron chi connectivity index (χ3n) is 4.64. The molecule has 0 aromatic carbocycles. The molecule has 0 aromatic heterocycles. The lowest BCUT2D eigenvalue weighted by Crippen LogP contribution is -2.42. The Hall–Kier alpha value is -0.0400. The summed E-state index contributed by atoms with van der Waals surface area (Å²) in [4.78, 5) is 0. The Morgan fingerprint density at radius 3 is 2.43 bits per heavy atom. The van der Waals surface area contributed by atoms with Crippen LogP contribution < -0.4 is 0 Å². The summed E-state index contributed by atoms with van der Waals surface area (Å²) in [5.74, 6) is 1.23. The molecule has 2 atom stereocenters. The predicted molar refractivity (Wildman–Crippen MR) is 59.2 cm³/mol. The minimum absolute atomic E-state index is 0.269. The maximum absolute atomic E-state index is 10.8. The van der Waals surface area contributed by atoms with E-state index in [-0.39, 0.29) is 5.60 Å². The third-order valence-corrected chi connectivity index (χ3v) is 4.64. The SMILES string of the molecule is CCC1CCCC1(O)C1CCCCC1. The molecule has 0 heterocycles. The Bertz CT molecular complexity index is 184. The van der Waals surface area contributed by atoms with Crippen LogP contribution in [0.1, 0.15) is 64.7 Å². The molecule has 2 fully saturated rings. The van der Waals surface area contributed by atoms with E-state index in [4.69, 9.17) is 0 Å². The van der Waals surface area contributed by atoms with Gasteiger partial charge in [-0.25, -0.2) is 0 Å². The largest absolute Gasteiger partial charge is 0.389 e. The first kappa shape index (κ1) is 10.5. The van der Waals surface area contributed by atoms with Crippen molar-refractivity contribution in [1.29, 1.82) is 0 Å². The van der Waals surface area contributed by atoms with Crippen LogP contribution in [0.25, 0.3) is 0 Å². The minimum Gasteiger partial charge on any atom is -0.389 e. The van der Waals surface area contributed by atoms with Crippen molar-refractivity contribution in [1.82, 2.24) is 0 Å². The Kier molecular flexibility index (Phi) is 3.16. The first-order valence-corrected chi connectivity index (χ1v) is 6.49. The molecule has 0 bridgehead atoms. The fourth-order valence-corrected chi connectivity index (χ4v) is 3.78. The van der Waals surface area contributed by atoms with Gasteiger partial charge in [0.15, 0.2) is 0 Å². The van der Waals surface area contributed by atoms with Gasteiger partial charge < -0.3 is 5.11 Å². The molecule has 1 heteroatoms. The van der Waals surface area contributed by atoms with Crippen molar-refractivity contribution in [3.05, 3.63) is 0 Å². The molecule has 1 N–H and O–H groups in total. The molecule has 0 saturated heterocycles. The normalized spacial score (nSPS) is 40.3. The Balaban J connectivity index is 2.04. The van der Waals surface area contributed by atoms with Crippen LogP contribution in [0.15, 0.2) is 0 Å². The number of hydrogen-bond donors (Lipinski definition) is 1. The molecular formula is C13H24O. The lowest BCUT2D eigenvalue weighted by atomic mass is 9.71. The molecule has 1 nitrogen and oxygen atoms in total. The lowest BCUT2D eigenvalue weighted by Gasteiger charge is -2.39. The average Bonchev–Trinajstić information content (AvgIpc) is 2.62. The van der Waals surface area contributed by atoms with E-state index in [0.29, 0.717) is 11.8 Å². The molecule has 0 aliphatic heterocycles. The summed E-state index contributed by atoms with van der Waals surface area (Å²) in [5, 5.41) is 10.8. The second kappa shape index (κ2) is 4.22. The molecule has 2 unspecified atom stereocenters. The minimum atomic E-state index is -0.269. The van der Waals surface area contributed by atoms with Crippen molar-refractivity contribution in [2.75, 3.05) is 0 Å². The standard InChI is InChI=1S/C13H24O/c1-2-11-9-6-10-13(11,14)12-7-4-3-5-8-12/h11-12,14H,2-10H2,1H3. The van der Waals surface area contributed by atoms with Gasteiger partial charge in [-0.15, -0.1) is 0 Å². The highest BCUT2D eigenvalue weighted by molar-refractivity contribution is 4.97. The Labute approximate surface area is 87.9 Å². The fraction of sp³-hybridized carbons (Fsp3) is 1.00. The molecule has 0 amide bonds. The molecule has 2 saturated carbocycles. The molecule has 0 aromatic rings. The van der Waals surface area contributed by atoms with Gasteiger partial charge in [-0.2, -0.15) is 0 Å². The van der Waals surface area contributed by atoms with E-state index in [1.165, 1.54) is 51.4 Å². The van der Waals surface area contributed by atoms with Crippen molar-refractivity contribution in [3.63, 3.8) is 0 Å². The van der Waals surface area contributed by atoms with Crippen LogP contribution >= 0.6 is 0 Å². The van der Waals surface area contributed by atoms with Crippen LogP contribution in [0.4, 0.5) is 0 Å². The summed E-state index contributed by atoms with van der Waals surface area (Å²) in [6.45, 7) is 2.24. The van der Waals surface area contributed by atoms with E-state index >= 15 is 0 Å². The van der Waals surface area contributed by atoms with Crippen molar-refractivity contribution in [2.45, 2.75) is 70.3 Å². The van der Waals surface area contributed by atoms with E-state index < -0.39 is 0 Å². The number of hydrogen-bond acceptors (Lipinski definition) is 1. The van der Waals surface area contributed by atoms with E-state index in [1.54, 1.807) is 0 Å². The molecule has 0 spiro atoms. The monoisotopic (exact) mass is 196 g/mol. The summed E-state index contributed by atoms with van der Waals surface area (Å²) in [6.07, 6.45) is 11.4. The fourth-order valence-electron chi connectivity index (χ4n) is 3.78. The van der Waals surface area contributed by atoms with Crippen LogP contribution in [0, 0.1) is 11.8 Å². The smallest absolute Gasteiger partial charge is 0.0703 e. The topological polar surface area (TPSA) is 20.2 Å². The number of aliphatic hydroxyl groups is 1. The van der Waals surface area contributed by atoms with Gasteiger partial charge in [-0.3, -0.25) is 0 Å². The summed E-state index contributed by atoms with van der Waals surface area (Å²) < 4.78 is 0. The van der Waals surface area contributed by atoms with Gasteiger partial charge >= 0.3 is 0 Å². The lowest BCUT2D eigenvalue weighted by molar-refractivity contribution is -0.0649. The molecular weight excluding hydrogens is 172 g/mol. The highest BCUT2D eigenvalue weighted by Gasteiger charge is 2.45. The van der Waals surface area contributed by atoms with Gasteiger partial charge in [-0.1, -0.05) is 39.0 Å². The zero-order valence-corrected chi connectivity index (χ0v) is 9.47. The first-order valence-electron chi connectivity index (χ1n) is 6.49. The Morgan fingerprint density at radius 1 is 1.07 bits per heavy atom. The molecule has 14 heavy (non-hydrogen) atoms. The second-order valence-electron chi connectivity index (χ2n) is 5.32.